The largest absolute Gasteiger partial charge is 0.317 e. The Hall–Kier alpha value is -0.0800. The molecule has 0 spiro atoms. The molecule has 0 aromatic heterocycles. The fourth-order valence-corrected chi connectivity index (χ4v) is 1.68. The molecule has 0 rings (SSSR count). The Balaban J connectivity index is 3.89. The molecule has 2 nitrogen and oxygen atoms in total. The van der Waals surface area contributed by atoms with Gasteiger partial charge in [0.25, 0.3) is 0 Å². The van der Waals surface area contributed by atoms with Gasteiger partial charge in [-0.3, -0.25) is 0 Å². The molecular weight excluding hydrogens is 184 g/mol. The first-order valence-electron chi connectivity index (χ1n) is 6.56. The molecule has 1 N–H and O–H groups in total. The number of unbranched alkanes of at least 4 members (excludes halogenated alkanes) is 1. The third kappa shape index (κ3) is 6.91. The second-order valence-electron chi connectivity index (χ2n) is 4.63. The molecule has 0 aliphatic carbocycles. The van der Waals surface area contributed by atoms with Crippen LogP contribution in [-0.4, -0.2) is 37.1 Å². The molecule has 0 aromatic carbocycles. The van der Waals surface area contributed by atoms with Gasteiger partial charge in [-0.1, -0.05) is 20.3 Å². The van der Waals surface area contributed by atoms with E-state index < -0.39 is 0 Å². The summed E-state index contributed by atoms with van der Waals surface area (Å²) in [4.78, 5) is 2.64. The topological polar surface area (TPSA) is 15.3 Å². The van der Waals surface area contributed by atoms with Crippen LogP contribution in [0, 0.1) is 0 Å². The van der Waals surface area contributed by atoms with Crippen LogP contribution in [-0.2, 0) is 0 Å². The van der Waals surface area contributed by atoms with Crippen LogP contribution in [0.4, 0.5) is 0 Å². The molecule has 0 aliphatic rings. The van der Waals surface area contributed by atoms with Gasteiger partial charge in [0.2, 0.25) is 0 Å². The normalized spacial score (nSPS) is 15.6. The zero-order valence-electron chi connectivity index (χ0n) is 11.3. The Morgan fingerprint density at radius 1 is 1.13 bits per heavy atom. The van der Waals surface area contributed by atoms with Gasteiger partial charge in [0.05, 0.1) is 0 Å². The molecule has 2 unspecified atom stereocenters. The first kappa shape index (κ1) is 14.9. The van der Waals surface area contributed by atoms with Crippen molar-refractivity contribution in [3.63, 3.8) is 0 Å². The van der Waals surface area contributed by atoms with Crippen LogP contribution in [0.5, 0.6) is 0 Å². The Morgan fingerprint density at radius 3 is 2.27 bits per heavy atom. The minimum atomic E-state index is 0.637. The number of rotatable bonds is 9. The molecule has 0 fully saturated rings. The zero-order valence-corrected chi connectivity index (χ0v) is 11.3. The van der Waals surface area contributed by atoms with Crippen molar-refractivity contribution in [2.24, 2.45) is 0 Å². The molecule has 0 saturated carbocycles. The van der Waals surface area contributed by atoms with Crippen LogP contribution >= 0.6 is 0 Å². The zero-order chi connectivity index (χ0) is 11.7. The van der Waals surface area contributed by atoms with Gasteiger partial charge >= 0.3 is 0 Å². The second kappa shape index (κ2) is 9.17. The lowest BCUT2D eigenvalue weighted by molar-refractivity contribution is 0.192. The highest BCUT2D eigenvalue weighted by Crippen LogP contribution is 2.07. The monoisotopic (exact) mass is 214 g/mol. The van der Waals surface area contributed by atoms with Crippen LogP contribution < -0.4 is 5.32 Å². The maximum Gasteiger partial charge on any atom is 0.00643 e. The summed E-state index contributed by atoms with van der Waals surface area (Å²) < 4.78 is 0. The van der Waals surface area contributed by atoms with Crippen LogP contribution in [0.2, 0.25) is 0 Å². The van der Waals surface area contributed by atoms with Crippen molar-refractivity contribution in [1.82, 2.24) is 10.2 Å². The molecule has 92 valence electrons. The summed E-state index contributed by atoms with van der Waals surface area (Å²) in [6.07, 6.45) is 5.15. The quantitative estimate of drug-likeness (QED) is 0.635. The third-order valence-corrected chi connectivity index (χ3v) is 3.36. The van der Waals surface area contributed by atoms with E-state index in [1.54, 1.807) is 0 Å². The molecule has 0 amide bonds. The highest BCUT2D eigenvalue weighted by atomic mass is 15.1. The minimum absolute atomic E-state index is 0.637. The molecule has 15 heavy (non-hydrogen) atoms. The first-order chi connectivity index (χ1) is 7.15. The van der Waals surface area contributed by atoms with Crippen molar-refractivity contribution in [2.45, 2.75) is 65.5 Å². The third-order valence-electron chi connectivity index (χ3n) is 3.36. The summed E-state index contributed by atoms with van der Waals surface area (Å²) in [5.41, 5.74) is 0. The molecule has 0 aromatic rings. The van der Waals surface area contributed by atoms with Crippen LogP contribution in [0.1, 0.15) is 53.4 Å². The Labute approximate surface area is 96.4 Å². The first-order valence-corrected chi connectivity index (χ1v) is 6.56. The SMILES string of the molecule is CCCCN(CCC(C)NC)C(C)CC. The van der Waals surface area contributed by atoms with Gasteiger partial charge in [0.1, 0.15) is 0 Å². The summed E-state index contributed by atoms with van der Waals surface area (Å²) in [5, 5.41) is 3.31. The summed E-state index contributed by atoms with van der Waals surface area (Å²) in [6.45, 7) is 11.7. The summed E-state index contributed by atoms with van der Waals surface area (Å²) in [6, 6.07) is 1.37. The van der Waals surface area contributed by atoms with E-state index in [0.717, 1.165) is 6.04 Å². The lowest BCUT2D eigenvalue weighted by Crippen LogP contribution is -2.37. The van der Waals surface area contributed by atoms with Crippen molar-refractivity contribution in [3.05, 3.63) is 0 Å². The highest BCUT2D eigenvalue weighted by Gasteiger charge is 2.12. The van der Waals surface area contributed by atoms with Crippen LogP contribution in [0.15, 0.2) is 0 Å². The van der Waals surface area contributed by atoms with E-state index in [1.165, 1.54) is 38.8 Å². The number of hydrogen-bond acceptors (Lipinski definition) is 2. The maximum absolute atomic E-state index is 3.31. The van der Waals surface area contributed by atoms with Crippen LogP contribution in [0.3, 0.4) is 0 Å². The maximum atomic E-state index is 3.31. The molecule has 0 aliphatic heterocycles. The summed E-state index contributed by atoms with van der Waals surface area (Å²) >= 11 is 0. The molecule has 0 bridgehead atoms. The van der Waals surface area contributed by atoms with Gasteiger partial charge < -0.3 is 10.2 Å². The minimum Gasteiger partial charge on any atom is -0.317 e. The Bertz CT molecular complexity index is 136. The van der Waals surface area contributed by atoms with E-state index in [1.807, 2.05) is 7.05 Å². The van der Waals surface area contributed by atoms with Gasteiger partial charge in [-0.15, -0.1) is 0 Å². The molecule has 0 radical (unpaired) electrons. The number of nitrogens with one attached hydrogen (secondary N) is 1. The smallest absolute Gasteiger partial charge is 0.00643 e. The van der Waals surface area contributed by atoms with Crippen molar-refractivity contribution >= 4 is 0 Å². The van der Waals surface area contributed by atoms with Crippen molar-refractivity contribution < 1.29 is 0 Å². The van der Waals surface area contributed by atoms with E-state index in [2.05, 4.69) is 37.9 Å². The fourth-order valence-electron chi connectivity index (χ4n) is 1.68. The van der Waals surface area contributed by atoms with Crippen molar-refractivity contribution in [1.29, 1.82) is 0 Å². The number of hydrogen-bond donors (Lipinski definition) is 1. The number of nitrogens with zero attached hydrogens (tertiary/aromatic N) is 1. The van der Waals surface area contributed by atoms with Gasteiger partial charge in [0, 0.05) is 12.1 Å². The van der Waals surface area contributed by atoms with Gasteiger partial charge in [-0.05, 0) is 53.2 Å². The Kier molecular flexibility index (Phi) is 9.12. The van der Waals surface area contributed by atoms with E-state index in [4.69, 9.17) is 0 Å². The van der Waals surface area contributed by atoms with Crippen LogP contribution in [0.25, 0.3) is 0 Å². The molecule has 2 heteroatoms. The van der Waals surface area contributed by atoms with Gasteiger partial charge in [-0.25, -0.2) is 0 Å². The lowest BCUT2D eigenvalue weighted by Gasteiger charge is -2.29. The van der Waals surface area contributed by atoms with Crippen molar-refractivity contribution in [2.75, 3.05) is 20.1 Å². The molecule has 0 saturated heterocycles. The molecule has 0 heterocycles. The molecular formula is C13H30N2. The van der Waals surface area contributed by atoms with Gasteiger partial charge in [0.15, 0.2) is 0 Å². The average molecular weight is 214 g/mol. The molecule has 2 atom stereocenters. The summed E-state index contributed by atoms with van der Waals surface area (Å²) in [7, 11) is 2.05. The van der Waals surface area contributed by atoms with Gasteiger partial charge in [-0.2, -0.15) is 0 Å². The standard InChI is InChI=1S/C13H30N2/c1-6-8-10-15(13(4)7-2)11-9-12(3)14-5/h12-14H,6-11H2,1-5H3. The van der Waals surface area contributed by atoms with Crippen molar-refractivity contribution in [3.8, 4) is 0 Å². The fraction of sp³-hybridized carbons (Fsp3) is 1.00. The lowest BCUT2D eigenvalue weighted by atomic mass is 10.1. The predicted octanol–water partition coefficient (Wildman–Crippen LogP) is 2.89. The van der Waals surface area contributed by atoms with E-state index >= 15 is 0 Å². The van der Waals surface area contributed by atoms with E-state index in [0.29, 0.717) is 6.04 Å². The van der Waals surface area contributed by atoms with E-state index in [-0.39, 0.29) is 0 Å². The average Bonchev–Trinajstić information content (AvgIpc) is 2.27. The second-order valence-corrected chi connectivity index (χ2v) is 4.63. The Morgan fingerprint density at radius 2 is 1.80 bits per heavy atom. The van der Waals surface area contributed by atoms with E-state index in [9.17, 15) is 0 Å². The highest BCUT2D eigenvalue weighted by molar-refractivity contribution is 4.68. The predicted molar refractivity (Wildman–Crippen MR) is 69.4 cm³/mol. The summed E-state index contributed by atoms with van der Waals surface area (Å²) in [5.74, 6) is 0.